The molecule has 0 aliphatic heterocycles. The van der Waals surface area contributed by atoms with Gasteiger partial charge in [-0.15, -0.1) is 11.3 Å². The minimum absolute atomic E-state index is 0.680. The fourth-order valence-electron chi connectivity index (χ4n) is 1.89. The van der Waals surface area contributed by atoms with E-state index in [2.05, 4.69) is 50.2 Å². The van der Waals surface area contributed by atoms with E-state index in [4.69, 9.17) is 0 Å². The first kappa shape index (κ1) is 14.7. The third-order valence-electron chi connectivity index (χ3n) is 3.13. The van der Waals surface area contributed by atoms with Crippen molar-refractivity contribution >= 4 is 11.3 Å². The van der Waals surface area contributed by atoms with Crippen LogP contribution in [0.1, 0.15) is 43.4 Å². The van der Waals surface area contributed by atoms with Gasteiger partial charge in [0.05, 0.1) is 0 Å². The zero-order valence-electron chi connectivity index (χ0n) is 11.6. The summed E-state index contributed by atoms with van der Waals surface area (Å²) in [7, 11) is 2.23. The molecule has 1 heterocycles. The molecule has 1 unspecified atom stereocenters. The van der Waals surface area contributed by atoms with Crippen molar-refractivity contribution in [1.29, 1.82) is 0 Å². The Morgan fingerprint density at radius 1 is 1.29 bits per heavy atom. The van der Waals surface area contributed by atoms with Crippen molar-refractivity contribution in [3.05, 3.63) is 21.9 Å². The minimum atomic E-state index is 0.680. The molecule has 1 atom stereocenters. The van der Waals surface area contributed by atoms with Crippen LogP contribution in [0.5, 0.6) is 0 Å². The average Bonchev–Trinajstić information content (AvgIpc) is 2.74. The van der Waals surface area contributed by atoms with Crippen LogP contribution in [0.25, 0.3) is 0 Å². The average molecular weight is 254 g/mol. The van der Waals surface area contributed by atoms with Crippen LogP contribution in [0.2, 0.25) is 0 Å². The lowest BCUT2D eigenvalue weighted by Crippen LogP contribution is -2.27. The number of thiophene rings is 1. The summed E-state index contributed by atoms with van der Waals surface area (Å²) in [5.41, 5.74) is 0. The van der Waals surface area contributed by atoms with Gasteiger partial charge in [-0.2, -0.15) is 0 Å². The molecular weight excluding hydrogens is 228 g/mol. The molecule has 0 amide bonds. The standard InChI is InChI=1S/C14H26N2S/c1-5-7-12(3)16(4)11-14-9-8-13(17-14)10-15-6-2/h8-9,12,15H,5-7,10-11H2,1-4H3. The molecule has 17 heavy (non-hydrogen) atoms. The van der Waals surface area contributed by atoms with Gasteiger partial charge in [0.2, 0.25) is 0 Å². The van der Waals surface area contributed by atoms with E-state index in [-0.39, 0.29) is 0 Å². The molecule has 0 saturated carbocycles. The Hall–Kier alpha value is -0.380. The van der Waals surface area contributed by atoms with E-state index in [1.54, 1.807) is 0 Å². The van der Waals surface area contributed by atoms with E-state index >= 15 is 0 Å². The van der Waals surface area contributed by atoms with Crippen molar-refractivity contribution in [2.75, 3.05) is 13.6 Å². The second-order valence-electron chi connectivity index (χ2n) is 4.70. The van der Waals surface area contributed by atoms with Gasteiger partial charge < -0.3 is 5.32 Å². The van der Waals surface area contributed by atoms with E-state index in [0.29, 0.717) is 6.04 Å². The quantitative estimate of drug-likeness (QED) is 0.764. The molecule has 0 fully saturated rings. The molecule has 0 aromatic carbocycles. The number of hydrogen-bond acceptors (Lipinski definition) is 3. The van der Waals surface area contributed by atoms with Gasteiger partial charge in [0, 0.05) is 28.9 Å². The maximum Gasteiger partial charge on any atom is 0.0327 e. The Morgan fingerprint density at radius 2 is 2.00 bits per heavy atom. The Labute approximate surface area is 110 Å². The first-order valence-electron chi connectivity index (χ1n) is 6.65. The highest BCUT2D eigenvalue weighted by Crippen LogP contribution is 2.19. The van der Waals surface area contributed by atoms with Crippen LogP contribution in [-0.2, 0) is 13.1 Å². The summed E-state index contributed by atoms with van der Waals surface area (Å²) in [5.74, 6) is 0. The first-order valence-corrected chi connectivity index (χ1v) is 7.47. The highest BCUT2D eigenvalue weighted by atomic mass is 32.1. The van der Waals surface area contributed by atoms with Gasteiger partial charge in [0.25, 0.3) is 0 Å². The molecule has 1 aromatic heterocycles. The Bertz CT molecular complexity index is 309. The molecule has 3 heteroatoms. The maximum absolute atomic E-state index is 3.37. The largest absolute Gasteiger partial charge is 0.312 e. The van der Waals surface area contributed by atoms with Crippen molar-refractivity contribution in [2.24, 2.45) is 0 Å². The summed E-state index contributed by atoms with van der Waals surface area (Å²) in [6.07, 6.45) is 2.55. The highest BCUT2D eigenvalue weighted by Gasteiger charge is 2.09. The van der Waals surface area contributed by atoms with Gasteiger partial charge in [0.15, 0.2) is 0 Å². The van der Waals surface area contributed by atoms with Gasteiger partial charge in [-0.1, -0.05) is 20.3 Å². The smallest absolute Gasteiger partial charge is 0.0327 e. The van der Waals surface area contributed by atoms with Crippen molar-refractivity contribution in [1.82, 2.24) is 10.2 Å². The Balaban J connectivity index is 2.42. The molecule has 0 saturated heterocycles. The van der Waals surface area contributed by atoms with E-state index in [9.17, 15) is 0 Å². The highest BCUT2D eigenvalue weighted by molar-refractivity contribution is 7.11. The van der Waals surface area contributed by atoms with Crippen molar-refractivity contribution < 1.29 is 0 Å². The van der Waals surface area contributed by atoms with Crippen LogP contribution in [0.3, 0.4) is 0 Å². The molecule has 1 N–H and O–H groups in total. The number of nitrogens with zero attached hydrogens (tertiary/aromatic N) is 1. The number of hydrogen-bond donors (Lipinski definition) is 1. The van der Waals surface area contributed by atoms with Crippen molar-refractivity contribution in [2.45, 2.75) is 52.7 Å². The molecule has 0 aliphatic rings. The first-order chi connectivity index (χ1) is 8.17. The zero-order chi connectivity index (χ0) is 12.7. The topological polar surface area (TPSA) is 15.3 Å². The van der Waals surface area contributed by atoms with Gasteiger partial charge >= 0.3 is 0 Å². The number of rotatable bonds is 8. The monoisotopic (exact) mass is 254 g/mol. The van der Waals surface area contributed by atoms with Crippen LogP contribution >= 0.6 is 11.3 Å². The summed E-state index contributed by atoms with van der Waals surface area (Å²) in [6.45, 7) is 9.85. The van der Waals surface area contributed by atoms with Gasteiger partial charge in [-0.05, 0) is 39.1 Å². The van der Waals surface area contributed by atoms with E-state index in [1.165, 1.54) is 22.6 Å². The second kappa shape index (κ2) is 7.85. The fraction of sp³-hybridized carbons (Fsp3) is 0.714. The summed E-state index contributed by atoms with van der Waals surface area (Å²) in [4.78, 5) is 5.37. The fourth-order valence-corrected chi connectivity index (χ4v) is 2.94. The van der Waals surface area contributed by atoms with Crippen molar-refractivity contribution in [3.8, 4) is 0 Å². The zero-order valence-corrected chi connectivity index (χ0v) is 12.4. The van der Waals surface area contributed by atoms with Crippen LogP contribution in [0.4, 0.5) is 0 Å². The van der Waals surface area contributed by atoms with E-state index in [0.717, 1.165) is 19.6 Å². The molecule has 98 valence electrons. The second-order valence-corrected chi connectivity index (χ2v) is 5.95. The minimum Gasteiger partial charge on any atom is -0.312 e. The molecule has 0 spiro atoms. The normalized spacial score (nSPS) is 13.2. The van der Waals surface area contributed by atoms with Crippen LogP contribution < -0.4 is 5.32 Å². The van der Waals surface area contributed by atoms with Crippen LogP contribution in [-0.4, -0.2) is 24.5 Å². The molecule has 1 rings (SSSR count). The Kier molecular flexibility index (Phi) is 6.78. The van der Waals surface area contributed by atoms with Gasteiger partial charge in [-0.3, -0.25) is 4.90 Å². The summed E-state index contributed by atoms with van der Waals surface area (Å²) >= 11 is 1.93. The number of nitrogens with one attached hydrogen (secondary N) is 1. The molecular formula is C14H26N2S. The third kappa shape index (κ3) is 5.19. The molecule has 0 radical (unpaired) electrons. The Morgan fingerprint density at radius 3 is 2.65 bits per heavy atom. The predicted octanol–water partition coefficient (Wildman–Crippen LogP) is 3.48. The van der Waals surface area contributed by atoms with Crippen LogP contribution in [0.15, 0.2) is 12.1 Å². The molecule has 1 aromatic rings. The van der Waals surface area contributed by atoms with E-state index in [1.807, 2.05) is 11.3 Å². The van der Waals surface area contributed by atoms with E-state index < -0.39 is 0 Å². The predicted molar refractivity (Wildman–Crippen MR) is 77.5 cm³/mol. The molecule has 0 bridgehead atoms. The summed E-state index contributed by atoms with van der Waals surface area (Å²) in [5, 5.41) is 3.37. The lowest BCUT2D eigenvalue weighted by molar-refractivity contribution is 0.239. The SMILES string of the molecule is CCCC(C)N(C)Cc1ccc(CNCC)s1. The maximum atomic E-state index is 3.37. The third-order valence-corrected chi connectivity index (χ3v) is 4.20. The van der Waals surface area contributed by atoms with Crippen molar-refractivity contribution in [3.63, 3.8) is 0 Å². The van der Waals surface area contributed by atoms with Gasteiger partial charge in [-0.25, -0.2) is 0 Å². The lowest BCUT2D eigenvalue weighted by atomic mass is 10.2. The lowest BCUT2D eigenvalue weighted by Gasteiger charge is -2.23. The van der Waals surface area contributed by atoms with Gasteiger partial charge in [0.1, 0.15) is 0 Å². The molecule has 0 aliphatic carbocycles. The summed E-state index contributed by atoms with van der Waals surface area (Å²) < 4.78 is 0. The van der Waals surface area contributed by atoms with Crippen LogP contribution in [0, 0.1) is 0 Å². The summed E-state index contributed by atoms with van der Waals surface area (Å²) in [6, 6.07) is 5.20. The molecule has 2 nitrogen and oxygen atoms in total.